The molecule has 0 radical (unpaired) electrons. The smallest absolute Gasteiger partial charge is 0.416 e. The van der Waals surface area contributed by atoms with Crippen LogP contribution in [0.15, 0.2) is 63.9 Å². The second kappa shape index (κ2) is 12.8. The van der Waals surface area contributed by atoms with Crippen molar-refractivity contribution in [3.8, 4) is 11.5 Å². The Bertz CT molecular complexity index is 1700. The van der Waals surface area contributed by atoms with Gasteiger partial charge in [0.05, 0.1) is 26.5 Å². The van der Waals surface area contributed by atoms with E-state index in [1.165, 1.54) is 43.5 Å². The van der Waals surface area contributed by atoms with Gasteiger partial charge in [-0.1, -0.05) is 26.8 Å². The Labute approximate surface area is 255 Å². The first-order valence-electron chi connectivity index (χ1n) is 13.5. The van der Waals surface area contributed by atoms with Crippen molar-refractivity contribution in [1.29, 1.82) is 0 Å². The molecule has 0 aliphatic rings. The van der Waals surface area contributed by atoms with Crippen LogP contribution in [-0.2, 0) is 25.1 Å². The summed E-state index contributed by atoms with van der Waals surface area (Å²) >= 11 is 0. The topological polar surface area (TPSA) is 107 Å². The molecule has 0 saturated heterocycles. The van der Waals surface area contributed by atoms with Crippen molar-refractivity contribution in [2.24, 2.45) is 4.36 Å². The number of nitrogens with zero attached hydrogens (tertiary/aromatic N) is 2. The number of benzene rings is 2. The molecule has 1 aromatic heterocycles. The molecule has 0 aliphatic carbocycles. The molecule has 238 valence electrons. The van der Waals surface area contributed by atoms with Gasteiger partial charge < -0.3 is 14.5 Å². The number of carbonyl (C=O) groups is 2. The Balaban J connectivity index is 1.91. The summed E-state index contributed by atoms with van der Waals surface area (Å²) in [6, 6.07) is 10.3. The van der Waals surface area contributed by atoms with Gasteiger partial charge in [-0.05, 0) is 80.5 Å². The summed E-state index contributed by atoms with van der Waals surface area (Å²) in [6.07, 6.45) is -4.36. The lowest BCUT2D eigenvalue weighted by Crippen LogP contribution is -2.45. The van der Waals surface area contributed by atoms with E-state index in [-0.39, 0.29) is 32.6 Å². The fraction of sp³-hybridized carbons (Fsp3) is 0.367. The zero-order valence-corrected chi connectivity index (χ0v) is 27.4. The van der Waals surface area contributed by atoms with Crippen LogP contribution in [0.5, 0.6) is 11.5 Å². The van der Waals surface area contributed by atoms with Crippen LogP contribution in [0.1, 0.15) is 49.3 Å². The number of amides is 2. The molecule has 0 aliphatic heterocycles. The van der Waals surface area contributed by atoms with Gasteiger partial charge in [-0.25, -0.2) is 9.19 Å². The number of halogens is 4. The highest BCUT2D eigenvalue weighted by Gasteiger charge is 2.40. The van der Waals surface area contributed by atoms with E-state index in [1.54, 1.807) is 6.92 Å². The first-order valence-corrected chi connectivity index (χ1v) is 18.3. The van der Waals surface area contributed by atoms with E-state index in [9.17, 15) is 31.4 Å². The summed E-state index contributed by atoms with van der Waals surface area (Å²) in [5, 5.41) is 2.40. The van der Waals surface area contributed by atoms with Crippen LogP contribution in [0.4, 0.5) is 23.2 Å². The first kappa shape index (κ1) is 34.9. The Morgan fingerprint density at radius 1 is 1.02 bits per heavy atom. The second-order valence-corrected chi connectivity index (χ2v) is 18.8. The predicted octanol–water partition coefficient (Wildman–Crippen LogP) is 7.99. The summed E-state index contributed by atoms with van der Waals surface area (Å²) in [4.78, 5) is 29.9. The number of nitrogens with one attached hydrogen (secondary N) is 1. The summed E-state index contributed by atoms with van der Waals surface area (Å²) < 4.78 is 83.0. The fourth-order valence-corrected chi connectivity index (χ4v) is 6.30. The van der Waals surface area contributed by atoms with E-state index in [4.69, 9.17) is 9.16 Å². The molecule has 0 saturated carbocycles. The highest BCUT2D eigenvalue weighted by molar-refractivity contribution is 7.93. The first-order chi connectivity index (χ1) is 20.1. The lowest BCUT2D eigenvalue weighted by molar-refractivity contribution is -0.137. The molecule has 0 bridgehead atoms. The van der Waals surface area contributed by atoms with Crippen molar-refractivity contribution in [2.75, 3.05) is 11.6 Å². The minimum atomic E-state index is -4.73. The van der Waals surface area contributed by atoms with Crippen molar-refractivity contribution >= 4 is 35.5 Å². The molecule has 1 heterocycles. The molecule has 3 rings (SSSR count). The number of aryl methyl sites for hydroxylation is 1. The predicted molar refractivity (Wildman–Crippen MR) is 162 cm³/mol. The monoisotopic (exact) mass is 653 g/mol. The van der Waals surface area contributed by atoms with E-state index in [0.29, 0.717) is 6.07 Å². The minimum Gasteiger partial charge on any atom is -0.455 e. The van der Waals surface area contributed by atoms with Crippen LogP contribution in [0, 0.1) is 12.9 Å². The van der Waals surface area contributed by atoms with Crippen LogP contribution < -0.4 is 10.1 Å². The minimum absolute atomic E-state index is 0.0504. The molecule has 0 fully saturated rings. The lowest BCUT2D eigenvalue weighted by atomic mass is 10.1. The fourth-order valence-electron chi connectivity index (χ4n) is 3.69. The number of hydrogen-bond acceptors (Lipinski definition) is 6. The summed E-state index contributed by atoms with van der Waals surface area (Å²) in [5.74, 6) is -2.83. The van der Waals surface area contributed by atoms with Crippen LogP contribution in [-0.4, -0.2) is 41.7 Å². The third-order valence-electron chi connectivity index (χ3n) is 7.20. The van der Waals surface area contributed by atoms with Crippen LogP contribution >= 0.6 is 0 Å². The van der Waals surface area contributed by atoms with Crippen molar-refractivity contribution in [1.82, 2.24) is 4.98 Å². The van der Waals surface area contributed by atoms with Gasteiger partial charge in [-0.3, -0.25) is 9.59 Å². The molecule has 2 aromatic carbocycles. The Morgan fingerprint density at radius 2 is 1.68 bits per heavy atom. The molecule has 1 N–H and O–H groups in total. The van der Waals surface area contributed by atoms with Gasteiger partial charge in [0.15, 0.2) is 8.32 Å². The highest BCUT2D eigenvalue weighted by atomic mass is 32.2. The van der Waals surface area contributed by atoms with Crippen molar-refractivity contribution < 1.29 is 40.5 Å². The standard InChI is InChI=1S/C30H35F4N3O5SSi/c1-18-24(14-15-26(31)35-18)41-25-16-20(30(32,33)34)12-13-23(25)28(39)36-21-10-9-11-22(17-21)43(6,40)37-27(38)19(2)42-44(7,8)29(3,4)5/h9-17,19H,1-8H3,(H,36,39)/t19-,43-/m1/s1. The van der Waals surface area contributed by atoms with E-state index >= 15 is 0 Å². The zero-order chi connectivity index (χ0) is 33.3. The third kappa shape index (κ3) is 8.51. The van der Waals surface area contributed by atoms with Crippen molar-refractivity contribution in [2.45, 2.75) is 69.9 Å². The van der Waals surface area contributed by atoms with E-state index in [2.05, 4.69) is 14.7 Å². The van der Waals surface area contributed by atoms with Gasteiger partial charge in [-0.2, -0.15) is 21.9 Å². The SMILES string of the molecule is Cc1nc(F)ccc1Oc1cc(C(F)(F)F)ccc1C(=O)Nc1cccc([S@@](C)(=O)=NC(=O)[C@@H](C)O[Si](C)(C)C(C)(C)C)c1. The number of anilines is 1. The molecule has 2 atom stereocenters. The maximum absolute atomic E-state index is 13.5. The van der Waals surface area contributed by atoms with E-state index < -0.39 is 59.4 Å². The molecule has 14 heteroatoms. The maximum Gasteiger partial charge on any atom is 0.416 e. The average Bonchev–Trinajstić information content (AvgIpc) is 2.88. The lowest BCUT2D eigenvalue weighted by Gasteiger charge is -2.37. The van der Waals surface area contributed by atoms with Crippen molar-refractivity contribution in [3.63, 3.8) is 0 Å². The van der Waals surface area contributed by atoms with Gasteiger partial charge in [0.25, 0.3) is 11.8 Å². The summed E-state index contributed by atoms with van der Waals surface area (Å²) in [7, 11) is -5.58. The molecule has 44 heavy (non-hydrogen) atoms. The molecular weight excluding hydrogens is 618 g/mol. The molecule has 2 amide bonds. The number of hydrogen-bond donors (Lipinski definition) is 1. The van der Waals surface area contributed by atoms with E-state index in [1.807, 2.05) is 33.9 Å². The van der Waals surface area contributed by atoms with Crippen molar-refractivity contribution in [3.05, 3.63) is 77.4 Å². The van der Waals surface area contributed by atoms with Gasteiger partial charge >= 0.3 is 6.18 Å². The average molecular weight is 654 g/mol. The number of rotatable bonds is 8. The summed E-state index contributed by atoms with van der Waals surface area (Å²) in [6.45, 7) is 13.0. The molecular formula is C30H35F4N3O5SSi. The van der Waals surface area contributed by atoms with Crippen LogP contribution in [0.2, 0.25) is 18.1 Å². The zero-order valence-electron chi connectivity index (χ0n) is 25.6. The number of ether oxygens (including phenoxy) is 1. The Hall–Kier alpha value is -3.62. The molecule has 0 spiro atoms. The number of carbonyl (C=O) groups excluding carboxylic acids is 2. The second-order valence-electron chi connectivity index (χ2n) is 11.8. The Kier molecular flexibility index (Phi) is 10.1. The normalized spacial score (nSPS) is 14.4. The third-order valence-corrected chi connectivity index (χ3v) is 13.4. The molecule has 8 nitrogen and oxygen atoms in total. The number of aromatic nitrogens is 1. The summed E-state index contributed by atoms with van der Waals surface area (Å²) in [5.41, 5.74) is -1.13. The quantitative estimate of drug-likeness (QED) is 0.150. The largest absolute Gasteiger partial charge is 0.455 e. The van der Waals surface area contributed by atoms with Crippen LogP contribution in [0.3, 0.4) is 0 Å². The van der Waals surface area contributed by atoms with Gasteiger partial charge in [0.2, 0.25) is 5.95 Å². The van der Waals surface area contributed by atoms with Gasteiger partial charge in [0.1, 0.15) is 17.6 Å². The highest BCUT2D eigenvalue weighted by Crippen LogP contribution is 2.38. The number of pyridine rings is 1. The van der Waals surface area contributed by atoms with E-state index in [0.717, 1.165) is 18.2 Å². The Morgan fingerprint density at radius 3 is 2.27 bits per heavy atom. The van der Waals surface area contributed by atoms with Crippen LogP contribution in [0.25, 0.3) is 0 Å². The van der Waals surface area contributed by atoms with Gasteiger partial charge in [0, 0.05) is 16.8 Å². The molecule has 0 unspecified atom stereocenters. The maximum atomic E-state index is 13.5. The number of alkyl halides is 3. The van der Waals surface area contributed by atoms with Gasteiger partial charge in [-0.15, -0.1) is 0 Å². The molecule has 3 aromatic rings.